The van der Waals surface area contributed by atoms with Crippen LogP contribution in [0.5, 0.6) is 11.5 Å². The van der Waals surface area contributed by atoms with Crippen LogP contribution in [0.15, 0.2) is 72.9 Å². The Morgan fingerprint density at radius 2 is 1.35 bits per heavy atom. The van der Waals surface area contributed by atoms with Gasteiger partial charge in [-0.1, -0.05) is 23.7 Å². The number of pyridine rings is 1. The molecule has 0 saturated carbocycles. The summed E-state index contributed by atoms with van der Waals surface area (Å²) in [6.45, 7) is 17.4. The Balaban J connectivity index is 0.00000372. The number of hydrogen-bond donors (Lipinski definition) is 0. The molecule has 0 radical (unpaired) electrons. The third-order valence-electron chi connectivity index (χ3n) is 9.43. The maximum absolute atomic E-state index is 6.42. The summed E-state index contributed by atoms with van der Waals surface area (Å²) in [5.74, 6) is 2.06. The molecule has 0 aliphatic heterocycles. The molecular formula is C40H36N4OPd. The van der Waals surface area contributed by atoms with Gasteiger partial charge < -0.3 is 9.30 Å². The Labute approximate surface area is 284 Å². The molecule has 4 aromatic carbocycles. The molecule has 3 aromatic heterocycles. The molecule has 0 N–H and O–H groups in total. The third-order valence-corrected chi connectivity index (χ3v) is 9.43. The number of hydrogen-bond acceptors (Lipinski definition) is 3. The smallest absolute Gasteiger partial charge is 0.509 e. The summed E-state index contributed by atoms with van der Waals surface area (Å²) in [6.07, 6.45) is 1.85. The molecule has 7 rings (SSSR count). The van der Waals surface area contributed by atoms with Crippen LogP contribution in [-0.2, 0) is 20.4 Å². The fraction of sp³-hybridized carbons (Fsp3) is 0.200. The number of aromatic nitrogens is 4. The van der Waals surface area contributed by atoms with Crippen LogP contribution in [0.1, 0.15) is 44.8 Å². The zero-order valence-corrected chi connectivity index (χ0v) is 29.0. The normalized spacial score (nSPS) is 11.3. The van der Waals surface area contributed by atoms with Crippen LogP contribution in [-0.4, -0.2) is 19.3 Å². The van der Waals surface area contributed by atoms with Crippen molar-refractivity contribution in [1.82, 2.24) is 19.3 Å². The maximum atomic E-state index is 6.42. The Hall–Kier alpha value is -4.50. The average Bonchev–Trinajstić information content (AvgIpc) is 3.52. The summed E-state index contributed by atoms with van der Waals surface area (Å²) in [4.78, 5) is 4.69. The van der Waals surface area contributed by atoms with Gasteiger partial charge >= 0.3 is 20.4 Å². The van der Waals surface area contributed by atoms with Crippen molar-refractivity contribution in [1.29, 1.82) is 0 Å². The second-order valence-corrected chi connectivity index (χ2v) is 12.1. The van der Waals surface area contributed by atoms with Crippen LogP contribution >= 0.6 is 0 Å². The standard InChI is InChI=1S/C40H36N4O.Pd/c1-23-18-19-41-38(20-23)43-36-15-10-9-14-34(36)35-17-16-33(22-37(35)43)45-32-13-11-12-31(21-32)44-30(8)40(29(7)42-44)39-27(5)25(3)24(2)26(4)28(39)6;/h9-20H,1-8H3;/q-2;+2. The molecule has 0 fully saturated rings. The number of benzene rings is 4. The molecule has 3 heterocycles. The van der Waals surface area contributed by atoms with E-state index < -0.39 is 0 Å². The van der Waals surface area contributed by atoms with Crippen molar-refractivity contribution in [2.24, 2.45) is 0 Å². The van der Waals surface area contributed by atoms with Gasteiger partial charge in [-0.3, -0.25) is 4.68 Å². The van der Waals surface area contributed by atoms with E-state index in [0.717, 1.165) is 50.3 Å². The molecule has 7 aromatic rings. The van der Waals surface area contributed by atoms with E-state index in [-0.39, 0.29) is 20.4 Å². The summed E-state index contributed by atoms with van der Waals surface area (Å²) >= 11 is 0. The van der Waals surface area contributed by atoms with Gasteiger partial charge in [-0.05, 0) is 124 Å². The maximum Gasteiger partial charge on any atom is 2.00 e. The monoisotopic (exact) mass is 694 g/mol. The van der Waals surface area contributed by atoms with E-state index in [1.165, 1.54) is 38.9 Å². The van der Waals surface area contributed by atoms with Gasteiger partial charge in [0.05, 0.1) is 5.69 Å². The van der Waals surface area contributed by atoms with Crippen molar-refractivity contribution >= 4 is 21.8 Å². The molecule has 5 nitrogen and oxygen atoms in total. The summed E-state index contributed by atoms with van der Waals surface area (Å²) in [5, 5.41) is 7.25. The molecule has 0 saturated heterocycles. The zero-order chi connectivity index (χ0) is 31.6. The second kappa shape index (κ2) is 12.0. The van der Waals surface area contributed by atoms with Crippen LogP contribution in [0.3, 0.4) is 0 Å². The molecule has 0 aliphatic carbocycles. The molecular weight excluding hydrogens is 659 g/mol. The molecule has 0 spiro atoms. The van der Waals surface area contributed by atoms with E-state index in [0.29, 0.717) is 11.5 Å². The molecule has 6 heteroatoms. The van der Waals surface area contributed by atoms with Crippen molar-refractivity contribution in [3.63, 3.8) is 0 Å². The summed E-state index contributed by atoms with van der Waals surface area (Å²) in [7, 11) is 0. The molecule has 0 atom stereocenters. The van der Waals surface area contributed by atoms with E-state index in [9.17, 15) is 0 Å². The van der Waals surface area contributed by atoms with Crippen LogP contribution in [0.25, 0.3) is 44.4 Å². The first kappa shape index (κ1) is 31.5. The molecule has 0 amide bonds. The largest absolute Gasteiger partial charge is 2.00 e. The summed E-state index contributed by atoms with van der Waals surface area (Å²) < 4.78 is 10.6. The van der Waals surface area contributed by atoms with Crippen LogP contribution in [0.2, 0.25) is 0 Å². The molecule has 0 unspecified atom stereocenters. The van der Waals surface area contributed by atoms with Gasteiger partial charge in [0.25, 0.3) is 0 Å². The summed E-state index contributed by atoms with van der Waals surface area (Å²) in [6, 6.07) is 29.5. The third kappa shape index (κ3) is 5.07. The van der Waals surface area contributed by atoms with Gasteiger partial charge in [0, 0.05) is 34.5 Å². The van der Waals surface area contributed by atoms with Crippen molar-refractivity contribution < 1.29 is 25.2 Å². The Bertz CT molecular complexity index is 2260. The van der Waals surface area contributed by atoms with Crippen molar-refractivity contribution in [3.8, 4) is 34.1 Å². The minimum Gasteiger partial charge on any atom is -0.509 e. The first-order valence-corrected chi connectivity index (χ1v) is 15.4. The fourth-order valence-electron chi connectivity index (χ4n) is 6.67. The molecule has 0 bridgehead atoms. The Morgan fingerprint density at radius 3 is 2.09 bits per heavy atom. The minimum atomic E-state index is 0. The van der Waals surface area contributed by atoms with Crippen molar-refractivity contribution in [2.45, 2.75) is 55.4 Å². The van der Waals surface area contributed by atoms with Gasteiger partial charge in [0.15, 0.2) is 0 Å². The number of rotatable bonds is 5. The van der Waals surface area contributed by atoms with Gasteiger partial charge in [0.1, 0.15) is 5.82 Å². The molecule has 0 aliphatic rings. The Morgan fingerprint density at radius 1 is 0.652 bits per heavy atom. The number of aryl methyl sites for hydroxylation is 2. The number of fused-ring (bicyclic) bond motifs is 3. The second-order valence-electron chi connectivity index (χ2n) is 12.1. The van der Waals surface area contributed by atoms with Gasteiger partial charge in [-0.25, -0.2) is 4.98 Å². The quantitative estimate of drug-likeness (QED) is 0.133. The van der Waals surface area contributed by atoms with E-state index in [4.69, 9.17) is 14.8 Å². The predicted octanol–water partition coefficient (Wildman–Crippen LogP) is 9.89. The molecule has 46 heavy (non-hydrogen) atoms. The Kier molecular flexibility index (Phi) is 8.23. The first-order valence-electron chi connectivity index (χ1n) is 15.4. The van der Waals surface area contributed by atoms with Crippen molar-refractivity contribution in [2.75, 3.05) is 0 Å². The SMILES string of the molecule is Cc1ccnc(-n2c3[c-]c(Oc4[c-]c(-n5nc(C)c(-c6c(C)c(C)c(C)c(C)c6C)c5C)ccc4)ccc3c3ccccc32)c1.[Pd+2]. The van der Waals surface area contributed by atoms with Crippen LogP contribution in [0.4, 0.5) is 0 Å². The van der Waals surface area contributed by atoms with E-state index in [2.05, 4.69) is 108 Å². The first-order chi connectivity index (χ1) is 21.6. The van der Waals surface area contributed by atoms with Gasteiger partial charge in [0.2, 0.25) is 0 Å². The number of ether oxygens (including phenoxy) is 1. The van der Waals surface area contributed by atoms with Crippen LogP contribution in [0, 0.1) is 67.5 Å². The summed E-state index contributed by atoms with van der Waals surface area (Å²) in [5.41, 5.74) is 15.2. The predicted molar refractivity (Wildman–Crippen MR) is 183 cm³/mol. The van der Waals surface area contributed by atoms with Crippen molar-refractivity contribution in [3.05, 3.63) is 130 Å². The minimum absolute atomic E-state index is 0. The van der Waals surface area contributed by atoms with Gasteiger partial charge in [-0.2, -0.15) is 17.2 Å². The zero-order valence-electron chi connectivity index (χ0n) is 27.4. The number of nitrogens with zero attached hydrogens (tertiary/aromatic N) is 4. The fourth-order valence-corrected chi connectivity index (χ4v) is 6.67. The van der Waals surface area contributed by atoms with Gasteiger partial charge in [-0.15, -0.1) is 35.7 Å². The van der Waals surface area contributed by atoms with Crippen LogP contribution < -0.4 is 4.74 Å². The topological polar surface area (TPSA) is 44.9 Å². The van der Waals surface area contributed by atoms with E-state index in [1.54, 1.807) is 0 Å². The number of para-hydroxylation sites is 1. The van der Waals surface area contributed by atoms with E-state index in [1.807, 2.05) is 41.2 Å². The van der Waals surface area contributed by atoms with E-state index >= 15 is 0 Å². The average molecular weight is 695 g/mol. The molecule has 232 valence electrons.